The van der Waals surface area contributed by atoms with Gasteiger partial charge in [-0.2, -0.15) is 0 Å². The van der Waals surface area contributed by atoms with Gasteiger partial charge in [0.25, 0.3) is 9.05 Å². The molecule has 1 rings (SSSR count). The highest BCUT2D eigenvalue weighted by molar-refractivity contribution is 9.10. The van der Waals surface area contributed by atoms with Crippen LogP contribution in [0, 0.1) is 0 Å². The van der Waals surface area contributed by atoms with Gasteiger partial charge in [-0.05, 0) is 34.5 Å². The van der Waals surface area contributed by atoms with Crippen molar-refractivity contribution >= 4 is 53.2 Å². The second-order valence-electron chi connectivity index (χ2n) is 3.69. The summed E-state index contributed by atoms with van der Waals surface area (Å²) in [5.74, 6) is -0.679. The number of benzene rings is 1. The van der Waals surface area contributed by atoms with E-state index in [-0.39, 0.29) is 26.6 Å². The van der Waals surface area contributed by atoms with E-state index in [0.29, 0.717) is 0 Å². The Morgan fingerprint density at radius 1 is 1.42 bits per heavy atom. The summed E-state index contributed by atoms with van der Waals surface area (Å²) in [5, 5.41) is 0.0885. The minimum atomic E-state index is -3.95. The van der Waals surface area contributed by atoms with Gasteiger partial charge in [0.05, 0.1) is 22.1 Å². The molecule has 4 nitrogen and oxygen atoms in total. The van der Waals surface area contributed by atoms with Crippen LogP contribution < -0.4 is 0 Å². The Bertz CT molecular complexity index is 587. The van der Waals surface area contributed by atoms with Gasteiger partial charge in [0, 0.05) is 15.2 Å². The summed E-state index contributed by atoms with van der Waals surface area (Å²) >= 11 is 9.01. The third-order valence-electron chi connectivity index (χ3n) is 2.23. The molecule has 0 aliphatic carbocycles. The largest absolute Gasteiger partial charge is 0.462 e. The minimum Gasteiger partial charge on any atom is -0.462 e. The summed E-state index contributed by atoms with van der Waals surface area (Å²) in [6.07, 6.45) is 1.60. The molecular weight excluding hydrogens is 379 g/mol. The van der Waals surface area contributed by atoms with Crippen molar-refractivity contribution in [2.75, 3.05) is 6.61 Å². The molecule has 0 aliphatic rings. The van der Waals surface area contributed by atoms with Crippen molar-refractivity contribution in [2.45, 2.75) is 24.7 Å². The third-order valence-corrected chi connectivity index (χ3v) is 4.83. The number of hydrogen-bond donors (Lipinski definition) is 0. The molecule has 0 saturated carbocycles. The maximum atomic E-state index is 11.8. The van der Waals surface area contributed by atoms with Crippen LogP contribution in [-0.4, -0.2) is 21.0 Å². The maximum Gasteiger partial charge on any atom is 0.339 e. The molecule has 0 aliphatic heterocycles. The molecule has 0 spiro atoms. The Kier molecular flexibility index (Phi) is 6.11. The smallest absolute Gasteiger partial charge is 0.339 e. The molecule has 19 heavy (non-hydrogen) atoms. The number of unbranched alkanes of at least 4 members (excludes halogenated alkanes) is 1. The molecular formula is C11H11BrCl2O4S. The van der Waals surface area contributed by atoms with Crippen molar-refractivity contribution in [2.24, 2.45) is 0 Å². The monoisotopic (exact) mass is 388 g/mol. The molecule has 8 heteroatoms. The first-order valence-corrected chi connectivity index (χ1v) is 8.86. The van der Waals surface area contributed by atoms with Crippen molar-refractivity contribution < 1.29 is 17.9 Å². The van der Waals surface area contributed by atoms with Crippen LogP contribution in [0.2, 0.25) is 5.02 Å². The summed E-state index contributed by atoms with van der Waals surface area (Å²) in [6.45, 7) is 2.21. The highest BCUT2D eigenvalue weighted by Gasteiger charge is 2.20. The van der Waals surface area contributed by atoms with Crippen LogP contribution in [0.25, 0.3) is 0 Å². The Morgan fingerprint density at radius 3 is 2.58 bits per heavy atom. The zero-order valence-electron chi connectivity index (χ0n) is 9.95. The first-order valence-electron chi connectivity index (χ1n) is 5.38. The number of rotatable bonds is 5. The lowest BCUT2D eigenvalue weighted by Crippen LogP contribution is -2.08. The van der Waals surface area contributed by atoms with Crippen LogP contribution in [0.1, 0.15) is 30.1 Å². The van der Waals surface area contributed by atoms with Gasteiger partial charge in [-0.25, -0.2) is 13.2 Å². The normalized spacial score (nSPS) is 11.4. The molecule has 0 aromatic heterocycles. The first-order chi connectivity index (χ1) is 8.77. The van der Waals surface area contributed by atoms with E-state index in [1.54, 1.807) is 0 Å². The lowest BCUT2D eigenvalue weighted by atomic mass is 10.2. The summed E-state index contributed by atoms with van der Waals surface area (Å²) in [6, 6.07) is 2.33. The predicted molar refractivity (Wildman–Crippen MR) is 77.4 cm³/mol. The van der Waals surface area contributed by atoms with Gasteiger partial charge < -0.3 is 4.74 Å². The Balaban J connectivity index is 3.13. The number of carbonyl (C=O) groups is 1. The van der Waals surface area contributed by atoms with Crippen molar-refractivity contribution in [1.29, 1.82) is 0 Å². The van der Waals surface area contributed by atoms with Crippen LogP contribution >= 0.6 is 38.2 Å². The van der Waals surface area contributed by atoms with Gasteiger partial charge in [-0.3, -0.25) is 0 Å². The zero-order valence-corrected chi connectivity index (χ0v) is 13.9. The van der Waals surface area contributed by atoms with Crippen LogP contribution in [0.15, 0.2) is 21.5 Å². The number of esters is 1. The Morgan fingerprint density at radius 2 is 2.05 bits per heavy atom. The van der Waals surface area contributed by atoms with Gasteiger partial charge in [0.15, 0.2) is 0 Å². The van der Waals surface area contributed by atoms with Crippen LogP contribution in [0.3, 0.4) is 0 Å². The molecule has 0 saturated heterocycles. The Hall–Kier alpha value is -0.300. The van der Waals surface area contributed by atoms with Gasteiger partial charge in [-0.15, -0.1) is 0 Å². The van der Waals surface area contributed by atoms with E-state index in [1.165, 1.54) is 6.07 Å². The average Bonchev–Trinajstić information content (AvgIpc) is 2.31. The van der Waals surface area contributed by atoms with E-state index in [9.17, 15) is 13.2 Å². The molecule has 106 valence electrons. The topological polar surface area (TPSA) is 60.4 Å². The van der Waals surface area contributed by atoms with Crippen molar-refractivity contribution in [3.05, 3.63) is 27.2 Å². The summed E-state index contributed by atoms with van der Waals surface area (Å²) in [5.41, 5.74) is -0.0358. The number of ether oxygens (including phenoxy) is 1. The highest BCUT2D eigenvalue weighted by Crippen LogP contribution is 2.31. The summed E-state index contributed by atoms with van der Waals surface area (Å²) in [4.78, 5) is 11.6. The average molecular weight is 390 g/mol. The Labute approximate surface area is 129 Å². The SMILES string of the molecule is CCCCOC(=O)c1cc(S(=O)(=O)Cl)cc(Br)c1Cl. The molecule has 0 N–H and O–H groups in total. The fourth-order valence-electron chi connectivity index (χ4n) is 1.24. The standard InChI is InChI=1S/C11H11BrCl2O4S/c1-2-3-4-18-11(15)8-5-7(19(14,16)17)6-9(12)10(8)13/h5-6H,2-4H2,1H3. The molecule has 0 atom stereocenters. The fraction of sp³-hybridized carbons (Fsp3) is 0.364. The number of carbonyl (C=O) groups excluding carboxylic acids is 1. The van der Waals surface area contributed by atoms with Gasteiger partial charge in [-0.1, -0.05) is 24.9 Å². The molecule has 0 radical (unpaired) electrons. The van der Waals surface area contributed by atoms with Crippen molar-refractivity contribution in [3.8, 4) is 0 Å². The van der Waals surface area contributed by atoms with Crippen LogP contribution in [0.4, 0.5) is 0 Å². The van der Waals surface area contributed by atoms with E-state index in [0.717, 1.165) is 18.9 Å². The van der Waals surface area contributed by atoms with E-state index < -0.39 is 15.0 Å². The minimum absolute atomic E-state index is 0.0358. The second-order valence-corrected chi connectivity index (χ2v) is 7.49. The van der Waals surface area contributed by atoms with E-state index in [2.05, 4.69) is 15.9 Å². The zero-order chi connectivity index (χ0) is 14.6. The van der Waals surface area contributed by atoms with Gasteiger partial charge in [0.2, 0.25) is 0 Å². The van der Waals surface area contributed by atoms with Crippen molar-refractivity contribution in [3.63, 3.8) is 0 Å². The first kappa shape index (κ1) is 16.8. The molecule has 0 bridgehead atoms. The summed E-state index contributed by atoms with van der Waals surface area (Å²) in [7, 11) is 1.30. The lowest BCUT2D eigenvalue weighted by Gasteiger charge is -2.08. The van der Waals surface area contributed by atoms with Gasteiger partial charge in [0.1, 0.15) is 0 Å². The highest BCUT2D eigenvalue weighted by atomic mass is 79.9. The summed E-state index contributed by atoms with van der Waals surface area (Å²) < 4.78 is 27.8. The van der Waals surface area contributed by atoms with E-state index >= 15 is 0 Å². The van der Waals surface area contributed by atoms with Crippen LogP contribution in [0.5, 0.6) is 0 Å². The lowest BCUT2D eigenvalue weighted by molar-refractivity contribution is 0.0499. The quantitative estimate of drug-likeness (QED) is 0.434. The molecule has 0 amide bonds. The number of hydrogen-bond acceptors (Lipinski definition) is 4. The third kappa shape index (κ3) is 4.63. The second kappa shape index (κ2) is 6.92. The molecule has 0 heterocycles. The van der Waals surface area contributed by atoms with E-state index in [1.807, 2.05) is 6.92 Å². The maximum absolute atomic E-state index is 11.8. The molecule has 1 aromatic rings. The predicted octanol–water partition coefficient (Wildman–Crippen LogP) is 3.99. The van der Waals surface area contributed by atoms with E-state index in [4.69, 9.17) is 27.0 Å². The molecule has 0 fully saturated rings. The van der Waals surface area contributed by atoms with Crippen molar-refractivity contribution in [1.82, 2.24) is 0 Å². The molecule has 1 aromatic carbocycles. The fourth-order valence-corrected chi connectivity index (χ4v) is 2.82. The molecule has 0 unspecified atom stereocenters. The number of halogens is 3. The van der Waals surface area contributed by atoms with Gasteiger partial charge >= 0.3 is 5.97 Å². The van der Waals surface area contributed by atoms with Crippen LogP contribution in [-0.2, 0) is 13.8 Å².